The van der Waals surface area contributed by atoms with Crippen LogP contribution < -0.4 is 14.2 Å². The van der Waals surface area contributed by atoms with E-state index in [-0.39, 0.29) is 11.3 Å². The number of methoxy groups -OCH3 is 2. The summed E-state index contributed by atoms with van der Waals surface area (Å²) < 4.78 is 15.9. The van der Waals surface area contributed by atoms with Gasteiger partial charge in [0.2, 0.25) is 0 Å². The highest BCUT2D eigenvalue weighted by Gasteiger charge is 2.09. The van der Waals surface area contributed by atoms with Gasteiger partial charge in [-0.25, -0.2) is 9.59 Å². The summed E-state index contributed by atoms with van der Waals surface area (Å²) in [7, 11) is 3.05. The van der Waals surface area contributed by atoms with Crippen molar-refractivity contribution in [3.63, 3.8) is 0 Å². The van der Waals surface area contributed by atoms with E-state index in [1.54, 1.807) is 55.8 Å². The number of carboxylic acids is 1. The van der Waals surface area contributed by atoms with Crippen molar-refractivity contribution in [1.29, 1.82) is 0 Å². The van der Waals surface area contributed by atoms with E-state index in [1.165, 1.54) is 25.3 Å². The van der Waals surface area contributed by atoms with E-state index in [4.69, 9.17) is 19.3 Å². The van der Waals surface area contributed by atoms with E-state index >= 15 is 0 Å². The van der Waals surface area contributed by atoms with E-state index in [0.717, 1.165) is 11.1 Å². The Morgan fingerprint density at radius 2 is 1.66 bits per heavy atom. The third-order valence-corrected chi connectivity index (χ3v) is 4.38. The fourth-order valence-electron chi connectivity index (χ4n) is 2.74. The number of nitrogens with zero attached hydrogens (tertiary/aromatic N) is 1. The molecule has 0 atom stereocenters. The maximum Gasteiger partial charge on any atom is 0.336 e. The minimum absolute atomic E-state index is 0.192. The Morgan fingerprint density at radius 3 is 2.34 bits per heavy atom. The third-order valence-electron chi connectivity index (χ3n) is 4.38. The second-order valence-corrected chi connectivity index (χ2v) is 6.55. The molecule has 0 fully saturated rings. The van der Waals surface area contributed by atoms with Gasteiger partial charge in [-0.05, 0) is 71.8 Å². The smallest absolute Gasteiger partial charge is 0.336 e. The number of rotatable bonds is 8. The number of hydrogen-bond donors (Lipinski definition) is 1. The highest BCUT2D eigenvalue weighted by molar-refractivity contribution is 5.90. The van der Waals surface area contributed by atoms with Crippen molar-refractivity contribution in [2.75, 3.05) is 14.2 Å². The average Bonchev–Trinajstić information content (AvgIpc) is 2.82. The summed E-state index contributed by atoms with van der Waals surface area (Å²) in [6.07, 6.45) is 4.56. The van der Waals surface area contributed by atoms with Crippen LogP contribution in [0.15, 0.2) is 77.8 Å². The van der Waals surface area contributed by atoms with Gasteiger partial charge in [-0.1, -0.05) is 12.1 Å². The zero-order valence-electron chi connectivity index (χ0n) is 17.5. The quantitative estimate of drug-likeness (QED) is 0.239. The van der Waals surface area contributed by atoms with Crippen LogP contribution in [0.25, 0.3) is 6.08 Å². The topological polar surface area (TPSA) is 94.4 Å². The molecule has 0 heterocycles. The lowest BCUT2D eigenvalue weighted by Crippen LogP contribution is -2.05. The van der Waals surface area contributed by atoms with Gasteiger partial charge in [0, 0.05) is 12.3 Å². The van der Waals surface area contributed by atoms with E-state index in [2.05, 4.69) is 4.99 Å². The lowest BCUT2D eigenvalue weighted by molar-refractivity contribution is -0.129. The molecule has 0 aliphatic carbocycles. The fraction of sp³-hybridized carbons (Fsp3) is 0.0800. The van der Waals surface area contributed by atoms with Crippen molar-refractivity contribution < 1.29 is 28.9 Å². The first-order valence-corrected chi connectivity index (χ1v) is 9.58. The summed E-state index contributed by atoms with van der Waals surface area (Å²) in [5.74, 6) is -0.203. The monoisotopic (exact) mass is 431 g/mol. The summed E-state index contributed by atoms with van der Waals surface area (Å²) >= 11 is 0. The van der Waals surface area contributed by atoms with Crippen LogP contribution in [0.5, 0.6) is 17.2 Å². The first kappa shape index (κ1) is 22.3. The van der Waals surface area contributed by atoms with Gasteiger partial charge in [-0.2, -0.15) is 0 Å². The molecule has 0 aliphatic rings. The van der Waals surface area contributed by atoms with Crippen molar-refractivity contribution in [2.45, 2.75) is 0 Å². The number of benzene rings is 3. The molecule has 0 saturated heterocycles. The average molecular weight is 431 g/mol. The molecule has 0 spiro atoms. The largest absolute Gasteiger partial charge is 0.497 e. The minimum atomic E-state index is -0.992. The van der Waals surface area contributed by atoms with E-state index in [1.807, 2.05) is 18.2 Å². The van der Waals surface area contributed by atoms with Gasteiger partial charge in [-0.3, -0.25) is 4.99 Å². The number of hydrogen-bond acceptors (Lipinski definition) is 6. The predicted molar refractivity (Wildman–Crippen MR) is 121 cm³/mol. The number of carboxylic acid groups (broad SMARTS) is 1. The molecule has 3 aromatic rings. The highest BCUT2D eigenvalue weighted by atomic mass is 16.6. The Bertz CT molecular complexity index is 1170. The maximum absolute atomic E-state index is 12.2. The summed E-state index contributed by atoms with van der Waals surface area (Å²) in [5.41, 5.74) is 2.32. The zero-order valence-corrected chi connectivity index (χ0v) is 17.5. The Hall–Kier alpha value is -4.39. The molecular formula is C25H21NO6. The van der Waals surface area contributed by atoms with Gasteiger partial charge >= 0.3 is 11.9 Å². The van der Waals surface area contributed by atoms with Gasteiger partial charge in [0.15, 0.2) is 11.5 Å². The third kappa shape index (κ3) is 6.06. The molecule has 7 heteroatoms. The highest BCUT2D eigenvalue weighted by Crippen LogP contribution is 2.28. The fourth-order valence-corrected chi connectivity index (χ4v) is 2.74. The molecule has 0 aliphatic heterocycles. The molecule has 7 nitrogen and oxygen atoms in total. The molecule has 0 aromatic heterocycles. The van der Waals surface area contributed by atoms with Crippen LogP contribution in [0, 0.1) is 0 Å². The number of esters is 1. The Kier molecular flexibility index (Phi) is 7.37. The van der Waals surface area contributed by atoms with Gasteiger partial charge in [0.1, 0.15) is 5.75 Å². The van der Waals surface area contributed by atoms with Gasteiger partial charge in [0.05, 0.1) is 25.5 Å². The van der Waals surface area contributed by atoms with Crippen molar-refractivity contribution in [2.24, 2.45) is 4.99 Å². The molecule has 0 saturated carbocycles. The van der Waals surface area contributed by atoms with Crippen LogP contribution in [-0.2, 0) is 4.79 Å². The second kappa shape index (κ2) is 10.6. The number of carbonyl (C=O) groups is 2. The first-order chi connectivity index (χ1) is 15.5. The van der Waals surface area contributed by atoms with Gasteiger partial charge in [0.25, 0.3) is 0 Å². The summed E-state index contributed by atoms with van der Waals surface area (Å²) in [6, 6.07) is 18.5. The Balaban J connectivity index is 1.68. The van der Waals surface area contributed by atoms with Gasteiger partial charge in [-0.15, -0.1) is 0 Å². The van der Waals surface area contributed by atoms with E-state index < -0.39 is 11.9 Å². The molecule has 0 radical (unpaired) electrons. The van der Waals surface area contributed by atoms with Crippen molar-refractivity contribution in [3.8, 4) is 17.2 Å². The normalized spacial score (nSPS) is 10.9. The molecule has 3 aromatic carbocycles. The minimum Gasteiger partial charge on any atom is -0.497 e. The molecule has 0 amide bonds. The number of carbonyl (C=O) groups excluding carboxylic acids is 1. The number of aromatic carboxylic acids is 1. The van der Waals surface area contributed by atoms with Crippen LogP contribution in [0.3, 0.4) is 0 Å². The van der Waals surface area contributed by atoms with Gasteiger partial charge < -0.3 is 19.3 Å². The molecule has 0 unspecified atom stereocenters. The van der Waals surface area contributed by atoms with Crippen molar-refractivity contribution in [3.05, 3.63) is 89.5 Å². The van der Waals surface area contributed by atoms with Crippen LogP contribution in [-0.4, -0.2) is 37.5 Å². The predicted octanol–water partition coefficient (Wildman–Crippen LogP) is 4.77. The van der Waals surface area contributed by atoms with Crippen molar-refractivity contribution >= 4 is 29.9 Å². The number of ether oxygens (including phenoxy) is 3. The zero-order chi connectivity index (χ0) is 22.9. The molecule has 0 bridgehead atoms. The lowest BCUT2D eigenvalue weighted by Gasteiger charge is -2.08. The maximum atomic E-state index is 12.2. The molecular weight excluding hydrogens is 410 g/mol. The molecule has 32 heavy (non-hydrogen) atoms. The lowest BCUT2D eigenvalue weighted by atomic mass is 10.2. The molecule has 162 valence electrons. The van der Waals surface area contributed by atoms with E-state index in [9.17, 15) is 9.59 Å². The summed E-state index contributed by atoms with van der Waals surface area (Å²) in [5, 5.41) is 8.95. The Morgan fingerprint density at radius 1 is 0.875 bits per heavy atom. The SMILES string of the molecule is COc1cccc(/C=C/C(=O)Oc2ccc(/C=N/c3ccc(C(=O)O)cc3)cc2OC)c1. The van der Waals surface area contributed by atoms with Crippen molar-refractivity contribution in [1.82, 2.24) is 0 Å². The number of aliphatic imine (C=N–C) groups is 1. The van der Waals surface area contributed by atoms with Crippen LogP contribution >= 0.6 is 0 Å². The van der Waals surface area contributed by atoms with E-state index in [0.29, 0.717) is 17.2 Å². The van der Waals surface area contributed by atoms with Crippen LogP contribution in [0.4, 0.5) is 5.69 Å². The van der Waals surface area contributed by atoms with Crippen LogP contribution in [0.1, 0.15) is 21.5 Å². The standard InChI is InChI=1S/C25H21NO6/c1-30-21-5-3-4-17(14-21)7-13-24(27)32-22-12-6-18(15-23(22)31-2)16-26-20-10-8-19(9-11-20)25(28)29/h3-16H,1-2H3,(H,28,29)/b13-7+,26-16+. The van der Waals surface area contributed by atoms with Crippen LogP contribution in [0.2, 0.25) is 0 Å². The summed E-state index contributed by atoms with van der Waals surface area (Å²) in [6.45, 7) is 0. The second-order valence-electron chi connectivity index (χ2n) is 6.55. The summed E-state index contributed by atoms with van der Waals surface area (Å²) in [4.78, 5) is 27.4. The Labute approximate surface area is 185 Å². The molecule has 1 N–H and O–H groups in total. The first-order valence-electron chi connectivity index (χ1n) is 9.58. The molecule has 3 rings (SSSR count).